The summed E-state index contributed by atoms with van der Waals surface area (Å²) in [6, 6.07) is 9.41. The zero-order valence-electron chi connectivity index (χ0n) is 18.4. The molecular weight excluding hydrogens is 406 g/mol. The van der Waals surface area contributed by atoms with Gasteiger partial charge in [-0.1, -0.05) is 26.0 Å². The molecule has 166 valence electrons. The second-order valence-electron chi connectivity index (χ2n) is 8.81. The van der Waals surface area contributed by atoms with Crippen molar-refractivity contribution in [2.24, 2.45) is 5.92 Å². The zero-order chi connectivity index (χ0) is 22.2. The van der Waals surface area contributed by atoms with Crippen molar-refractivity contribution in [3.8, 4) is 0 Å². The Hall–Kier alpha value is -3.26. The minimum Gasteiger partial charge on any atom is -0.379 e. The van der Waals surface area contributed by atoms with E-state index in [1.165, 1.54) is 0 Å². The average molecular weight is 434 g/mol. The monoisotopic (exact) mass is 433 g/mol. The number of rotatable bonds is 6. The molecule has 0 bridgehead atoms. The van der Waals surface area contributed by atoms with Gasteiger partial charge in [-0.3, -0.25) is 18.9 Å². The van der Waals surface area contributed by atoms with Gasteiger partial charge in [0.1, 0.15) is 5.82 Å². The lowest BCUT2D eigenvalue weighted by Crippen LogP contribution is -2.30. The van der Waals surface area contributed by atoms with E-state index >= 15 is 0 Å². The smallest absolute Gasteiger partial charge is 0.329 e. The number of imidazole rings is 1. The molecule has 1 fully saturated rings. The Morgan fingerprint density at radius 1 is 1.09 bits per heavy atom. The van der Waals surface area contributed by atoms with Gasteiger partial charge in [0, 0.05) is 19.3 Å². The lowest BCUT2D eigenvalue weighted by Gasteiger charge is -2.17. The summed E-state index contributed by atoms with van der Waals surface area (Å²) < 4.78 is 11.1. The summed E-state index contributed by atoms with van der Waals surface area (Å²) in [7, 11) is 0. The molecule has 0 radical (unpaired) electrons. The van der Waals surface area contributed by atoms with Crippen LogP contribution in [0.3, 0.4) is 0 Å². The number of nitrogens with zero attached hydrogens (tertiary/aromatic N) is 5. The molecule has 0 N–H and O–H groups in total. The van der Waals surface area contributed by atoms with Gasteiger partial charge in [-0.15, -0.1) is 0 Å². The van der Waals surface area contributed by atoms with E-state index in [1.54, 1.807) is 17.0 Å². The standard InChI is InChI=1S/C24H27N5O3/c1-16(2)8-11-27-19-6-4-3-5-18(19)23(30)26-22(27)14-28-21-13-25-10-7-20(21)29(24(28)31)17-9-12-32-15-17/h3-7,10,13,16-17H,8-9,11-12,14-15H2,1-2H3. The van der Waals surface area contributed by atoms with Crippen molar-refractivity contribution < 1.29 is 4.74 Å². The Balaban J connectivity index is 1.68. The van der Waals surface area contributed by atoms with Crippen LogP contribution in [-0.4, -0.2) is 36.9 Å². The number of ether oxygens (including phenoxy) is 1. The van der Waals surface area contributed by atoms with Crippen molar-refractivity contribution in [3.05, 3.63) is 69.4 Å². The lowest BCUT2D eigenvalue weighted by molar-refractivity contribution is 0.186. The summed E-state index contributed by atoms with van der Waals surface area (Å²) in [5.74, 6) is 1.08. The van der Waals surface area contributed by atoms with Crippen LogP contribution in [0.5, 0.6) is 0 Å². The number of pyridine rings is 1. The van der Waals surface area contributed by atoms with Gasteiger partial charge in [0.15, 0.2) is 0 Å². The number of hydrogen-bond donors (Lipinski definition) is 0. The highest BCUT2D eigenvalue weighted by molar-refractivity contribution is 5.78. The first-order valence-electron chi connectivity index (χ1n) is 11.2. The van der Waals surface area contributed by atoms with Crippen molar-refractivity contribution in [2.45, 2.75) is 45.8 Å². The number of para-hydroxylation sites is 1. The fourth-order valence-corrected chi connectivity index (χ4v) is 4.52. The largest absolute Gasteiger partial charge is 0.379 e. The van der Waals surface area contributed by atoms with Crippen LogP contribution in [0.2, 0.25) is 0 Å². The van der Waals surface area contributed by atoms with Crippen LogP contribution in [0.15, 0.2) is 52.3 Å². The lowest BCUT2D eigenvalue weighted by atomic mass is 10.1. The van der Waals surface area contributed by atoms with Crippen molar-refractivity contribution in [1.82, 2.24) is 23.7 Å². The summed E-state index contributed by atoms with van der Waals surface area (Å²) in [5.41, 5.74) is 2.03. The molecule has 1 aliphatic rings. The number of hydrogen-bond acceptors (Lipinski definition) is 5. The van der Waals surface area contributed by atoms with Crippen LogP contribution < -0.4 is 11.2 Å². The van der Waals surface area contributed by atoms with Gasteiger partial charge < -0.3 is 9.30 Å². The van der Waals surface area contributed by atoms with Gasteiger partial charge in [-0.2, -0.15) is 4.98 Å². The predicted molar refractivity (Wildman–Crippen MR) is 123 cm³/mol. The second kappa shape index (κ2) is 8.35. The maximum Gasteiger partial charge on any atom is 0.329 e. The predicted octanol–water partition coefficient (Wildman–Crippen LogP) is 2.96. The van der Waals surface area contributed by atoms with Gasteiger partial charge in [-0.05, 0) is 37.0 Å². The van der Waals surface area contributed by atoms with Crippen LogP contribution in [-0.2, 0) is 17.8 Å². The molecule has 3 aromatic heterocycles. The molecule has 1 saturated heterocycles. The molecule has 4 aromatic rings. The molecule has 1 unspecified atom stereocenters. The van der Waals surface area contributed by atoms with E-state index in [0.29, 0.717) is 30.3 Å². The molecule has 0 spiro atoms. The third-order valence-corrected chi connectivity index (χ3v) is 6.23. The van der Waals surface area contributed by atoms with Gasteiger partial charge >= 0.3 is 5.69 Å². The molecule has 8 nitrogen and oxygen atoms in total. The molecule has 4 heterocycles. The average Bonchev–Trinajstić information content (AvgIpc) is 3.40. The second-order valence-corrected chi connectivity index (χ2v) is 8.81. The molecule has 0 aliphatic carbocycles. The summed E-state index contributed by atoms with van der Waals surface area (Å²) in [6.45, 7) is 6.45. The van der Waals surface area contributed by atoms with Crippen molar-refractivity contribution in [3.63, 3.8) is 0 Å². The highest BCUT2D eigenvalue weighted by Crippen LogP contribution is 2.23. The van der Waals surface area contributed by atoms with E-state index in [2.05, 4.69) is 28.4 Å². The molecule has 32 heavy (non-hydrogen) atoms. The van der Waals surface area contributed by atoms with E-state index in [-0.39, 0.29) is 23.8 Å². The first-order valence-corrected chi connectivity index (χ1v) is 11.2. The molecule has 1 aromatic carbocycles. The molecule has 0 amide bonds. The van der Waals surface area contributed by atoms with Crippen molar-refractivity contribution in [2.75, 3.05) is 13.2 Å². The van der Waals surface area contributed by atoms with Crippen LogP contribution in [0, 0.1) is 5.92 Å². The van der Waals surface area contributed by atoms with Gasteiger partial charge in [0.25, 0.3) is 5.56 Å². The van der Waals surface area contributed by atoms with Gasteiger partial charge in [0.05, 0.1) is 47.3 Å². The number of aromatic nitrogens is 5. The summed E-state index contributed by atoms with van der Waals surface area (Å²) >= 11 is 0. The fourth-order valence-electron chi connectivity index (χ4n) is 4.52. The molecule has 5 rings (SSSR count). The maximum absolute atomic E-state index is 13.5. The first-order chi connectivity index (χ1) is 15.5. The summed E-state index contributed by atoms with van der Waals surface area (Å²) in [5, 5.41) is 0.597. The minimum absolute atomic E-state index is 0.00125. The third-order valence-electron chi connectivity index (χ3n) is 6.23. The van der Waals surface area contributed by atoms with Crippen molar-refractivity contribution >= 4 is 21.9 Å². The molecule has 0 saturated carbocycles. The van der Waals surface area contributed by atoms with E-state index in [4.69, 9.17) is 4.74 Å². The number of aryl methyl sites for hydroxylation is 1. The normalized spacial score (nSPS) is 16.5. The molecule has 1 aliphatic heterocycles. The zero-order valence-corrected chi connectivity index (χ0v) is 18.4. The first kappa shape index (κ1) is 20.6. The van der Waals surface area contributed by atoms with Crippen LogP contribution in [0.1, 0.15) is 38.6 Å². The Morgan fingerprint density at radius 2 is 1.94 bits per heavy atom. The number of fused-ring (bicyclic) bond motifs is 2. The van der Waals surface area contributed by atoms with Crippen molar-refractivity contribution in [1.29, 1.82) is 0 Å². The highest BCUT2D eigenvalue weighted by atomic mass is 16.5. The maximum atomic E-state index is 13.5. The summed E-state index contributed by atoms with van der Waals surface area (Å²) in [4.78, 5) is 35.0. The van der Waals surface area contributed by atoms with E-state index in [9.17, 15) is 9.59 Å². The van der Waals surface area contributed by atoms with Crippen LogP contribution in [0.4, 0.5) is 0 Å². The SMILES string of the molecule is CC(C)CCn1c(Cn2c(=O)n(C3CCOC3)c3ccncc32)nc(=O)c2ccccc21. The fraction of sp³-hybridized carbons (Fsp3) is 0.417. The van der Waals surface area contributed by atoms with E-state index in [0.717, 1.165) is 35.9 Å². The topological polar surface area (TPSA) is 83.9 Å². The number of benzene rings is 1. The molecular formula is C24H27N5O3. The minimum atomic E-state index is -0.268. The summed E-state index contributed by atoms with van der Waals surface area (Å²) in [6.07, 6.45) is 5.15. The van der Waals surface area contributed by atoms with E-state index in [1.807, 2.05) is 34.9 Å². The highest BCUT2D eigenvalue weighted by Gasteiger charge is 2.25. The third kappa shape index (κ3) is 3.54. The Bertz CT molecular complexity index is 1390. The Kier molecular flexibility index (Phi) is 5.38. The molecule has 1 atom stereocenters. The van der Waals surface area contributed by atoms with Gasteiger partial charge in [-0.25, -0.2) is 4.79 Å². The quantitative estimate of drug-likeness (QED) is 0.467. The van der Waals surface area contributed by atoms with Crippen LogP contribution in [0.25, 0.3) is 21.9 Å². The molecule has 8 heteroatoms. The van der Waals surface area contributed by atoms with Crippen LogP contribution >= 0.6 is 0 Å². The Labute approximate surface area is 185 Å². The van der Waals surface area contributed by atoms with E-state index < -0.39 is 0 Å². The van der Waals surface area contributed by atoms with Gasteiger partial charge in [0.2, 0.25) is 0 Å². The Morgan fingerprint density at radius 3 is 2.72 bits per heavy atom.